The third kappa shape index (κ3) is 2.56. The first-order chi connectivity index (χ1) is 10.1. The summed E-state index contributed by atoms with van der Waals surface area (Å²) in [5.74, 6) is 1.32. The highest BCUT2D eigenvalue weighted by Crippen LogP contribution is 2.21. The number of aryl methyl sites for hydroxylation is 3. The zero-order valence-electron chi connectivity index (χ0n) is 12.6. The summed E-state index contributed by atoms with van der Waals surface area (Å²) >= 11 is 6.08. The lowest BCUT2D eigenvalue weighted by atomic mass is 10.2. The Morgan fingerprint density at radius 1 is 1.29 bits per heavy atom. The summed E-state index contributed by atoms with van der Waals surface area (Å²) in [6.45, 7) is 4.99. The van der Waals surface area contributed by atoms with Crippen LogP contribution in [0.2, 0.25) is 0 Å². The molecule has 5 heteroatoms. The van der Waals surface area contributed by atoms with E-state index in [-0.39, 0.29) is 0 Å². The summed E-state index contributed by atoms with van der Waals surface area (Å²) in [5.41, 5.74) is 5.72. The number of benzene rings is 1. The molecule has 0 aliphatic carbocycles. The Balaban J connectivity index is 2.12. The summed E-state index contributed by atoms with van der Waals surface area (Å²) < 4.78 is 4.07. The molecule has 110 valence electrons. The van der Waals surface area contributed by atoms with Crippen LogP contribution < -0.4 is 0 Å². The van der Waals surface area contributed by atoms with E-state index >= 15 is 0 Å². The molecular weight excluding hydrogens is 284 g/mol. The third-order valence-electron chi connectivity index (χ3n) is 3.76. The van der Waals surface area contributed by atoms with Crippen LogP contribution in [0.4, 0.5) is 0 Å². The molecule has 1 aromatic carbocycles. The summed E-state index contributed by atoms with van der Waals surface area (Å²) in [5, 5.41) is 4.51. The fourth-order valence-corrected chi connectivity index (χ4v) is 2.95. The minimum Gasteiger partial charge on any atom is -0.322 e. The van der Waals surface area contributed by atoms with Crippen molar-refractivity contribution in [1.29, 1.82) is 0 Å². The number of hydrogen-bond donors (Lipinski definition) is 0. The molecular formula is C16H19ClN4. The maximum atomic E-state index is 6.08. The fraction of sp³-hybridized carbons (Fsp3) is 0.375. The van der Waals surface area contributed by atoms with Gasteiger partial charge in [0.05, 0.1) is 29.2 Å². The lowest BCUT2D eigenvalue weighted by molar-refractivity contribution is 0.746. The first kappa shape index (κ1) is 14.1. The molecule has 0 unspecified atom stereocenters. The van der Waals surface area contributed by atoms with Gasteiger partial charge in [0, 0.05) is 18.8 Å². The second kappa shape index (κ2) is 5.53. The highest BCUT2D eigenvalue weighted by molar-refractivity contribution is 6.16. The van der Waals surface area contributed by atoms with E-state index in [1.165, 1.54) is 11.1 Å². The molecule has 0 amide bonds. The third-order valence-corrected chi connectivity index (χ3v) is 4.00. The average Bonchev–Trinajstić information content (AvgIpc) is 3.00. The first-order valence-electron chi connectivity index (χ1n) is 7.15. The van der Waals surface area contributed by atoms with Crippen molar-refractivity contribution in [2.24, 2.45) is 7.05 Å². The van der Waals surface area contributed by atoms with Gasteiger partial charge in [-0.15, -0.1) is 11.6 Å². The monoisotopic (exact) mass is 302 g/mol. The molecule has 3 aromatic rings. The van der Waals surface area contributed by atoms with E-state index in [0.29, 0.717) is 5.88 Å². The van der Waals surface area contributed by atoms with Gasteiger partial charge in [-0.3, -0.25) is 4.68 Å². The van der Waals surface area contributed by atoms with Gasteiger partial charge in [0.25, 0.3) is 0 Å². The molecule has 0 saturated carbocycles. The summed E-state index contributed by atoms with van der Waals surface area (Å²) in [6.07, 6.45) is 3.01. The topological polar surface area (TPSA) is 35.6 Å². The molecule has 0 N–H and O–H groups in total. The van der Waals surface area contributed by atoms with Gasteiger partial charge in [0.2, 0.25) is 0 Å². The van der Waals surface area contributed by atoms with Crippen molar-refractivity contribution >= 4 is 22.6 Å². The molecule has 2 heterocycles. The highest BCUT2D eigenvalue weighted by Gasteiger charge is 2.13. The number of alkyl halides is 1. The minimum absolute atomic E-state index is 0.412. The Labute approximate surface area is 129 Å². The van der Waals surface area contributed by atoms with Crippen LogP contribution in [0.1, 0.15) is 29.6 Å². The van der Waals surface area contributed by atoms with Gasteiger partial charge in [-0.05, 0) is 31.0 Å². The van der Waals surface area contributed by atoms with Gasteiger partial charge in [0.15, 0.2) is 0 Å². The number of aromatic nitrogens is 4. The Hall–Kier alpha value is -1.81. The molecule has 0 aliphatic rings. The minimum atomic E-state index is 0.412. The van der Waals surface area contributed by atoms with Crippen LogP contribution in [0.25, 0.3) is 11.0 Å². The quantitative estimate of drug-likeness (QED) is 0.692. The molecule has 4 nitrogen and oxygen atoms in total. The molecule has 2 aromatic heterocycles. The maximum Gasteiger partial charge on any atom is 0.125 e. The number of halogens is 1. The van der Waals surface area contributed by atoms with E-state index in [1.807, 2.05) is 11.7 Å². The molecule has 3 rings (SSSR count). The molecule has 0 saturated heterocycles. The normalized spacial score (nSPS) is 11.4. The van der Waals surface area contributed by atoms with Gasteiger partial charge in [-0.2, -0.15) is 5.10 Å². The largest absolute Gasteiger partial charge is 0.322 e. The molecule has 0 spiro atoms. The number of rotatable bonds is 4. The SMILES string of the molecule is CCc1nn(C)cc1Cn1c(CCl)nc2ccc(C)cc21. The molecule has 0 radical (unpaired) electrons. The smallest absolute Gasteiger partial charge is 0.125 e. The van der Waals surface area contributed by atoms with Gasteiger partial charge in [-0.25, -0.2) is 4.98 Å². The summed E-state index contributed by atoms with van der Waals surface area (Å²) in [6, 6.07) is 6.31. The fourth-order valence-electron chi connectivity index (χ4n) is 2.74. The van der Waals surface area contributed by atoms with Crippen molar-refractivity contribution in [2.45, 2.75) is 32.7 Å². The van der Waals surface area contributed by atoms with Crippen molar-refractivity contribution in [3.63, 3.8) is 0 Å². The molecule has 21 heavy (non-hydrogen) atoms. The lowest BCUT2D eigenvalue weighted by Crippen LogP contribution is -2.05. The van der Waals surface area contributed by atoms with E-state index in [0.717, 1.165) is 35.5 Å². The first-order valence-corrected chi connectivity index (χ1v) is 7.69. The number of hydrogen-bond acceptors (Lipinski definition) is 2. The van der Waals surface area contributed by atoms with Gasteiger partial charge in [0.1, 0.15) is 5.82 Å². The Kier molecular flexibility index (Phi) is 3.72. The van der Waals surface area contributed by atoms with Crippen molar-refractivity contribution < 1.29 is 0 Å². The molecule has 0 atom stereocenters. The average molecular weight is 303 g/mol. The van der Waals surface area contributed by atoms with E-state index in [1.54, 1.807) is 0 Å². The molecule has 0 aliphatic heterocycles. The number of fused-ring (bicyclic) bond motifs is 1. The van der Waals surface area contributed by atoms with E-state index in [9.17, 15) is 0 Å². The Bertz CT molecular complexity index is 785. The summed E-state index contributed by atoms with van der Waals surface area (Å²) in [7, 11) is 1.96. The maximum absolute atomic E-state index is 6.08. The zero-order valence-corrected chi connectivity index (χ0v) is 13.4. The van der Waals surface area contributed by atoms with Gasteiger partial charge < -0.3 is 4.57 Å². The Morgan fingerprint density at radius 2 is 2.10 bits per heavy atom. The van der Waals surface area contributed by atoms with Crippen LogP contribution in [0.5, 0.6) is 0 Å². The predicted octanol–water partition coefficient (Wildman–Crippen LogP) is 3.43. The molecule has 0 fully saturated rings. The molecule has 0 bridgehead atoms. The summed E-state index contributed by atoms with van der Waals surface area (Å²) in [4.78, 5) is 4.63. The van der Waals surface area contributed by atoms with Gasteiger partial charge in [-0.1, -0.05) is 13.0 Å². The zero-order chi connectivity index (χ0) is 15.0. The van der Waals surface area contributed by atoms with Crippen LogP contribution in [0, 0.1) is 6.92 Å². The van der Waals surface area contributed by atoms with Crippen LogP contribution in [-0.4, -0.2) is 19.3 Å². The van der Waals surface area contributed by atoms with Crippen molar-refractivity contribution in [2.75, 3.05) is 0 Å². The van der Waals surface area contributed by atoms with E-state index < -0.39 is 0 Å². The van der Waals surface area contributed by atoms with Crippen LogP contribution in [0.3, 0.4) is 0 Å². The van der Waals surface area contributed by atoms with Crippen molar-refractivity contribution in [1.82, 2.24) is 19.3 Å². The number of nitrogens with zero attached hydrogens (tertiary/aromatic N) is 4. The number of imidazole rings is 1. The predicted molar refractivity (Wildman–Crippen MR) is 85.7 cm³/mol. The second-order valence-corrected chi connectivity index (χ2v) is 5.64. The van der Waals surface area contributed by atoms with Crippen LogP contribution >= 0.6 is 11.6 Å². The van der Waals surface area contributed by atoms with Crippen molar-refractivity contribution in [3.05, 3.63) is 47.0 Å². The van der Waals surface area contributed by atoms with Crippen LogP contribution in [0.15, 0.2) is 24.4 Å². The second-order valence-electron chi connectivity index (χ2n) is 5.37. The van der Waals surface area contributed by atoms with E-state index in [4.69, 9.17) is 11.6 Å². The lowest BCUT2D eigenvalue weighted by Gasteiger charge is -2.08. The highest BCUT2D eigenvalue weighted by atomic mass is 35.5. The van der Waals surface area contributed by atoms with E-state index in [2.05, 4.69) is 52.9 Å². The standard InChI is InChI=1S/C16H19ClN4/c1-4-13-12(9-20(3)19-13)10-21-15-7-11(2)5-6-14(15)18-16(21)8-17/h5-7,9H,4,8,10H2,1-3H3. The van der Waals surface area contributed by atoms with Crippen LogP contribution in [-0.2, 0) is 25.9 Å². The van der Waals surface area contributed by atoms with Crippen molar-refractivity contribution in [3.8, 4) is 0 Å². The Morgan fingerprint density at radius 3 is 2.81 bits per heavy atom. The van der Waals surface area contributed by atoms with Gasteiger partial charge >= 0.3 is 0 Å².